The molecule has 1 aromatic heterocycles. The van der Waals surface area contributed by atoms with Gasteiger partial charge in [0.2, 0.25) is 0 Å². The third kappa shape index (κ3) is 3.66. The van der Waals surface area contributed by atoms with Gasteiger partial charge in [-0.15, -0.1) is 0 Å². The molecule has 5 nitrogen and oxygen atoms in total. The van der Waals surface area contributed by atoms with Crippen LogP contribution in [0.1, 0.15) is 56.7 Å². The Kier molecular flexibility index (Phi) is 4.64. The molecular formula is C15H25N3O2S. The molecular weight excluding hydrogens is 286 g/mol. The summed E-state index contributed by atoms with van der Waals surface area (Å²) < 4.78 is 25.6. The van der Waals surface area contributed by atoms with Crippen molar-refractivity contribution in [2.24, 2.45) is 0 Å². The zero-order valence-electron chi connectivity index (χ0n) is 12.5. The standard InChI is InChI=1S/C15H25N3O2S/c19-21(20)10-4-7-15(21)12-16-11-13-8-9-18(17-13)14-5-2-1-3-6-14/h8-9,14-16H,1-7,10-12H2. The number of rotatable bonds is 5. The molecule has 0 bridgehead atoms. The Hall–Kier alpha value is -0.880. The molecule has 1 N–H and O–H groups in total. The molecule has 2 heterocycles. The summed E-state index contributed by atoms with van der Waals surface area (Å²) >= 11 is 0. The summed E-state index contributed by atoms with van der Waals surface area (Å²) in [6.45, 7) is 1.21. The minimum absolute atomic E-state index is 0.196. The predicted octanol–water partition coefficient (Wildman–Crippen LogP) is 2.06. The summed E-state index contributed by atoms with van der Waals surface area (Å²) in [5.74, 6) is 0.357. The Bertz CT molecular complexity index is 561. The second-order valence-electron chi connectivity index (χ2n) is 6.34. The van der Waals surface area contributed by atoms with E-state index in [1.54, 1.807) is 0 Å². The van der Waals surface area contributed by atoms with Crippen molar-refractivity contribution in [3.05, 3.63) is 18.0 Å². The van der Waals surface area contributed by atoms with Crippen LogP contribution in [0.5, 0.6) is 0 Å². The molecule has 0 spiro atoms. The van der Waals surface area contributed by atoms with E-state index in [2.05, 4.69) is 21.3 Å². The van der Waals surface area contributed by atoms with Crippen LogP contribution >= 0.6 is 0 Å². The molecule has 1 aromatic rings. The van der Waals surface area contributed by atoms with Gasteiger partial charge in [-0.3, -0.25) is 4.68 Å². The maximum absolute atomic E-state index is 11.8. The maximum Gasteiger partial charge on any atom is 0.154 e. The maximum atomic E-state index is 11.8. The highest BCUT2D eigenvalue weighted by Gasteiger charge is 2.30. The zero-order valence-corrected chi connectivity index (χ0v) is 13.3. The van der Waals surface area contributed by atoms with Gasteiger partial charge < -0.3 is 5.32 Å². The lowest BCUT2D eigenvalue weighted by atomic mass is 9.96. The van der Waals surface area contributed by atoms with E-state index in [0.717, 1.165) is 18.5 Å². The monoisotopic (exact) mass is 311 g/mol. The van der Waals surface area contributed by atoms with E-state index in [0.29, 0.717) is 24.9 Å². The number of nitrogens with zero attached hydrogens (tertiary/aromatic N) is 2. The first-order valence-electron chi connectivity index (χ1n) is 8.11. The van der Waals surface area contributed by atoms with Crippen molar-refractivity contribution in [3.8, 4) is 0 Å². The fraction of sp³-hybridized carbons (Fsp3) is 0.800. The van der Waals surface area contributed by atoms with Crippen LogP contribution in [0.4, 0.5) is 0 Å². The second kappa shape index (κ2) is 6.48. The van der Waals surface area contributed by atoms with Crippen LogP contribution in [-0.4, -0.2) is 35.7 Å². The van der Waals surface area contributed by atoms with E-state index in [1.165, 1.54) is 32.1 Å². The molecule has 3 rings (SSSR count). The lowest BCUT2D eigenvalue weighted by molar-refractivity contribution is 0.327. The number of hydrogen-bond acceptors (Lipinski definition) is 4. The van der Waals surface area contributed by atoms with Crippen LogP contribution in [0.15, 0.2) is 12.3 Å². The van der Waals surface area contributed by atoms with Crippen molar-refractivity contribution in [2.75, 3.05) is 12.3 Å². The molecule has 1 atom stereocenters. The number of sulfone groups is 1. The van der Waals surface area contributed by atoms with Crippen LogP contribution in [-0.2, 0) is 16.4 Å². The molecule has 2 fully saturated rings. The van der Waals surface area contributed by atoms with E-state index in [4.69, 9.17) is 0 Å². The first-order chi connectivity index (χ1) is 10.1. The summed E-state index contributed by atoms with van der Waals surface area (Å²) in [7, 11) is -2.84. The smallest absolute Gasteiger partial charge is 0.154 e. The molecule has 0 amide bonds. The van der Waals surface area contributed by atoms with Crippen molar-refractivity contribution in [1.82, 2.24) is 15.1 Å². The van der Waals surface area contributed by atoms with Gasteiger partial charge in [0.1, 0.15) is 0 Å². The van der Waals surface area contributed by atoms with Crippen molar-refractivity contribution in [2.45, 2.75) is 62.8 Å². The average Bonchev–Trinajstić information content (AvgIpc) is 3.07. The molecule has 2 aliphatic rings. The average molecular weight is 311 g/mol. The highest BCUT2D eigenvalue weighted by atomic mass is 32.2. The molecule has 1 saturated carbocycles. The van der Waals surface area contributed by atoms with E-state index in [-0.39, 0.29) is 5.25 Å². The van der Waals surface area contributed by atoms with Crippen molar-refractivity contribution in [1.29, 1.82) is 0 Å². The topological polar surface area (TPSA) is 64.0 Å². The largest absolute Gasteiger partial charge is 0.310 e. The fourth-order valence-corrected chi connectivity index (χ4v) is 5.27. The van der Waals surface area contributed by atoms with Crippen LogP contribution < -0.4 is 5.32 Å². The molecule has 1 saturated heterocycles. The van der Waals surface area contributed by atoms with E-state index in [1.807, 2.05) is 6.07 Å². The molecule has 21 heavy (non-hydrogen) atoms. The SMILES string of the molecule is O=S1(=O)CCCC1CNCc1ccn(C2CCCCC2)n1. The summed E-state index contributed by atoms with van der Waals surface area (Å²) in [6, 6.07) is 2.60. The van der Waals surface area contributed by atoms with Gasteiger partial charge in [-0.2, -0.15) is 5.10 Å². The van der Waals surface area contributed by atoms with E-state index < -0.39 is 9.84 Å². The van der Waals surface area contributed by atoms with Crippen molar-refractivity contribution < 1.29 is 8.42 Å². The number of aromatic nitrogens is 2. The molecule has 118 valence electrons. The summed E-state index contributed by atoms with van der Waals surface area (Å²) in [4.78, 5) is 0. The first-order valence-corrected chi connectivity index (χ1v) is 9.83. The molecule has 0 aromatic carbocycles. The van der Waals surface area contributed by atoms with Crippen molar-refractivity contribution in [3.63, 3.8) is 0 Å². The van der Waals surface area contributed by atoms with Crippen LogP contribution in [0, 0.1) is 0 Å². The Balaban J connectivity index is 1.48. The van der Waals surface area contributed by atoms with E-state index >= 15 is 0 Å². The Morgan fingerprint density at radius 2 is 2.00 bits per heavy atom. The van der Waals surface area contributed by atoms with Gasteiger partial charge in [-0.25, -0.2) is 8.42 Å². The molecule has 1 aliphatic carbocycles. The Labute approximate surface area is 127 Å². The Morgan fingerprint density at radius 1 is 1.19 bits per heavy atom. The Morgan fingerprint density at radius 3 is 2.71 bits per heavy atom. The van der Waals surface area contributed by atoms with E-state index in [9.17, 15) is 8.42 Å². The lowest BCUT2D eigenvalue weighted by Gasteiger charge is -2.21. The van der Waals surface area contributed by atoms with Crippen LogP contribution in [0.25, 0.3) is 0 Å². The van der Waals surface area contributed by atoms with Gasteiger partial charge in [-0.1, -0.05) is 19.3 Å². The summed E-state index contributed by atoms with van der Waals surface area (Å²) in [6.07, 6.45) is 10.1. The highest BCUT2D eigenvalue weighted by Crippen LogP contribution is 2.27. The molecule has 0 radical (unpaired) electrons. The molecule has 1 aliphatic heterocycles. The minimum Gasteiger partial charge on any atom is -0.310 e. The number of nitrogens with one attached hydrogen (secondary N) is 1. The normalized spacial score (nSPS) is 26.2. The van der Waals surface area contributed by atoms with Crippen LogP contribution in [0.2, 0.25) is 0 Å². The molecule has 1 unspecified atom stereocenters. The van der Waals surface area contributed by atoms with Crippen LogP contribution in [0.3, 0.4) is 0 Å². The second-order valence-corrected chi connectivity index (χ2v) is 8.74. The van der Waals surface area contributed by atoms with Crippen molar-refractivity contribution >= 4 is 9.84 Å². The fourth-order valence-electron chi connectivity index (χ4n) is 3.47. The van der Waals surface area contributed by atoms with Gasteiger partial charge in [0.15, 0.2) is 9.84 Å². The minimum atomic E-state index is -2.84. The summed E-state index contributed by atoms with van der Waals surface area (Å²) in [5.41, 5.74) is 1.01. The molecule has 6 heteroatoms. The summed E-state index contributed by atoms with van der Waals surface area (Å²) in [5, 5.41) is 7.70. The quantitative estimate of drug-likeness (QED) is 0.904. The third-order valence-electron chi connectivity index (χ3n) is 4.75. The lowest BCUT2D eigenvalue weighted by Crippen LogP contribution is -2.30. The predicted molar refractivity (Wildman–Crippen MR) is 82.9 cm³/mol. The van der Waals surface area contributed by atoms with Gasteiger partial charge >= 0.3 is 0 Å². The third-order valence-corrected chi connectivity index (χ3v) is 7.03. The van der Waals surface area contributed by atoms with Gasteiger partial charge in [0.25, 0.3) is 0 Å². The first kappa shape index (κ1) is 15.0. The zero-order chi connectivity index (χ0) is 14.7. The van der Waals surface area contributed by atoms with Gasteiger partial charge in [0, 0.05) is 19.3 Å². The van der Waals surface area contributed by atoms with Gasteiger partial charge in [0.05, 0.1) is 22.7 Å². The number of hydrogen-bond donors (Lipinski definition) is 1. The van der Waals surface area contributed by atoms with Gasteiger partial charge in [-0.05, 0) is 31.7 Å². The highest BCUT2D eigenvalue weighted by molar-refractivity contribution is 7.92.